The molecule has 1 aliphatic heterocycles. The van der Waals surface area contributed by atoms with E-state index in [1.807, 2.05) is 0 Å². The summed E-state index contributed by atoms with van der Waals surface area (Å²) in [4.78, 5) is 20.6. The minimum atomic E-state index is -4.83. The van der Waals surface area contributed by atoms with E-state index in [0.717, 1.165) is 41.0 Å². The van der Waals surface area contributed by atoms with Gasteiger partial charge in [0.25, 0.3) is 0 Å². The van der Waals surface area contributed by atoms with Gasteiger partial charge in [0.05, 0.1) is 28.4 Å². The molecule has 1 aromatic heterocycles. The van der Waals surface area contributed by atoms with Crippen molar-refractivity contribution in [1.29, 1.82) is 0 Å². The molecule has 1 unspecified atom stereocenters. The molecule has 0 aliphatic carbocycles. The van der Waals surface area contributed by atoms with Crippen LogP contribution in [-0.2, 0) is 27.5 Å². The first-order chi connectivity index (χ1) is 17.0. The zero-order chi connectivity index (χ0) is 26.1. The third-order valence-electron chi connectivity index (χ3n) is 5.66. The summed E-state index contributed by atoms with van der Waals surface area (Å²) in [7, 11) is -4.03. The third-order valence-corrected chi connectivity index (χ3v) is 7.59. The Hall–Kier alpha value is -3.45. The van der Waals surface area contributed by atoms with E-state index in [1.54, 1.807) is 0 Å². The van der Waals surface area contributed by atoms with Crippen molar-refractivity contribution in [1.82, 2.24) is 19.6 Å². The number of nitrogens with zero attached hydrogens (tertiary/aromatic N) is 3. The van der Waals surface area contributed by atoms with Crippen LogP contribution in [0.3, 0.4) is 0 Å². The van der Waals surface area contributed by atoms with Gasteiger partial charge in [-0.25, -0.2) is 27.2 Å². The van der Waals surface area contributed by atoms with Crippen LogP contribution in [0, 0.1) is 11.6 Å². The molecule has 0 saturated carbocycles. The fraction of sp³-hybridized carbons (Fsp3) is 0.261. The number of hydrogen-bond donors (Lipinski definition) is 1. The number of carbonyl (C=O) groups excluding carboxylic acids is 1. The Labute approximate surface area is 203 Å². The number of alkyl halides is 3. The van der Waals surface area contributed by atoms with Crippen molar-refractivity contribution in [3.05, 3.63) is 77.8 Å². The Kier molecular flexibility index (Phi) is 7.05. The molecule has 1 N–H and O–H groups in total. The van der Waals surface area contributed by atoms with Gasteiger partial charge >= 0.3 is 6.18 Å². The normalized spacial score (nSPS) is 16.8. The predicted octanol–water partition coefficient (Wildman–Crippen LogP) is 3.91. The first-order valence-electron chi connectivity index (χ1n) is 10.7. The lowest BCUT2D eigenvalue weighted by Gasteiger charge is -2.23. The van der Waals surface area contributed by atoms with E-state index in [0.29, 0.717) is 18.6 Å². The summed E-state index contributed by atoms with van der Waals surface area (Å²) < 4.78 is 92.5. The van der Waals surface area contributed by atoms with Crippen LogP contribution < -0.4 is 5.32 Å². The molecule has 3 aromatic rings. The molecule has 0 bridgehead atoms. The van der Waals surface area contributed by atoms with Crippen LogP contribution in [0.5, 0.6) is 0 Å². The van der Waals surface area contributed by atoms with Crippen molar-refractivity contribution in [3.8, 4) is 11.3 Å². The Morgan fingerprint density at radius 1 is 1.06 bits per heavy atom. The van der Waals surface area contributed by atoms with Gasteiger partial charge in [-0.1, -0.05) is 6.07 Å². The minimum absolute atomic E-state index is 0.0860. The molecule has 1 aliphatic rings. The SMILES string of the molecule is O=C(NCc1cc(-c2ccc(C(F)(F)F)c(F)c2)ncn1)C1CCCN1S(=O)(=O)c1ccc(F)cc1. The van der Waals surface area contributed by atoms with Gasteiger partial charge in [0.2, 0.25) is 15.9 Å². The number of nitrogens with one attached hydrogen (secondary N) is 1. The van der Waals surface area contributed by atoms with Crippen LogP contribution in [-0.4, -0.2) is 41.2 Å². The smallest absolute Gasteiger partial charge is 0.349 e. The topological polar surface area (TPSA) is 92.3 Å². The summed E-state index contributed by atoms with van der Waals surface area (Å²) in [5.41, 5.74) is -0.893. The number of rotatable bonds is 6. The van der Waals surface area contributed by atoms with Crippen LogP contribution in [0.2, 0.25) is 0 Å². The molecule has 1 fully saturated rings. The fourth-order valence-electron chi connectivity index (χ4n) is 3.88. The summed E-state index contributed by atoms with van der Waals surface area (Å²) in [5.74, 6) is -2.61. The predicted molar refractivity (Wildman–Crippen MR) is 118 cm³/mol. The van der Waals surface area contributed by atoms with Crippen molar-refractivity contribution in [2.24, 2.45) is 0 Å². The average Bonchev–Trinajstić information content (AvgIpc) is 3.33. The molecule has 0 spiro atoms. The standard InChI is InChI=1S/C23H19F5N4O3S/c24-15-4-6-17(7-5-15)36(34,35)32-9-1-2-21(32)22(33)29-12-16-11-20(31-13-30-16)14-3-8-18(19(25)10-14)23(26,27)28/h3-8,10-11,13,21H,1-2,9,12H2,(H,29,33). The molecular weight excluding hydrogens is 507 g/mol. The number of sulfonamides is 1. The molecule has 1 saturated heterocycles. The summed E-state index contributed by atoms with van der Waals surface area (Å²) in [5, 5.41) is 2.60. The van der Waals surface area contributed by atoms with Crippen LogP contribution in [0.15, 0.2) is 59.8 Å². The number of aromatic nitrogens is 2. The largest absolute Gasteiger partial charge is 0.419 e. The van der Waals surface area contributed by atoms with Crippen molar-refractivity contribution in [2.75, 3.05) is 6.54 Å². The summed E-state index contributed by atoms with van der Waals surface area (Å²) >= 11 is 0. The number of amides is 1. The van der Waals surface area contributed by atoms with Gasteiger partial charge in [-0.05, 0) is 55.3 Å². The van der Waals surface area contributed by atoms with Crippen molar-refractivity contribution < 1.29 is 35.2 Å². The highest BCUT2D eigenvalue weighted by Crippen LogP contribution is 2.33. The monoisotopic (exact) mass is 526 g/mol. The van der Waals surface area contributed by atoms with Gasteiger partial charge in [-0.15, -0.1) is 0 Å². The van der Waals surface area contributed by atoms with E-state index in [1.165, 1.54) is 6.07 Å². The number of carbonyl (C=O) groups is 1. The molecule has 2 aromatic carbocycles. The van der Waals surface area contributed by atoms with E-state index in [4.69, 9.17) is 0 Å². The molecule has 0 radical (unpaired) electrons. The van der Waals surface area contributed by atoms with E-state index >= 15 is 0 Å². The second-order valence-electron chi connectivity index (χ2n) is 8.03. The van der Waals surface area contributed by atoms with E-state index in [9.17, 15) is 35.2 Å². The Morgan fingerprint density at radius 3 is 2.44 bits per heavy atom. The van der Waals surface area contributed by atoms with Crippen molar-refractivity contribution in [2.45, 2.75) is 36.5 Å². The van der Waals surface area contributed by atoms with E-state index in [-0.39, 0.29) is 41.4 Å². The number of halogens is 5. The van der Waals surface area contributed by atoms with Crippen molar-refractivity contribution in [3.63, 3.8) is 0 Å². The second-order valence-corrected chi connectivity index (χ2v) is 9.92. The summed E-state index contributed by atoms with van der Waals surface area (Å²) in [6.07, 6.45) is -2.98. The molecule has 1 atom stereocenters. The first kappa shape index (κ1) is 25.6. The maximum absolute atomic E-state index is 13.9. The molecule has 7 nitrogen and oxygen atoms in total. The number of benzene rings is 2. The van der Waals surface area contributed by atoms with Gasteiger partial charge in [0.1, 0.15) is 24.0 Å². The highest BCUT2D eigenvalue weighted by atomic mass is 32.2. The minimum Gasteiger partial charge on any atom is -0.349 e. The summed E-state index contributed by atoms with van der Waals surface area (Å²) in [6.45, 7) is -0.00660. The second kappa shape index (κ2) is 9.90. The maximum Gasteiger partial charge on any atom is 0.419 e. The highest BCUT2D eigenvalue weighted by molar-refractivity contribution is 7.89. The van der Waals surface area contributed by atoms with Crippen LogP contribution in [0.25, 0.3) is 11.3 Å². The van der Waals surface area contributed by atoms with Gasteiger partial charge in [0.15, 0.2) is 0 Å². The molecule has 4 rings (SSSR count). The summed E-state index contributed by atoms with van der Waals surface area (Å²) in [6, 6.07) is 7.10. The molecule has 2 heterocycles. The third kappa shape index (κ3) is 5.36. The lowest BCUT2D eigenvalue weighted by molar-refractivity contribution is -0.140. The Bertz CT molecular complexity index is 1380. The van der Waals surface area contributed by atoms with Gasteiger partial charge in [0, 0.05) is 12.1 Å². The van der Waals surface area contributed by atoms with Crippen LogP contribution in [0.4, 0.5) is 22.0 Å². The van der Waals surface area contributed by atoms with E-state index < -0.39 is 45.3 Å². The Morgan fingerprint density at radius 2 is 1.78 bits per heavy atom. The molecule has 1 amide bonds. The zero-order valence-electron chi connectivity index (χ0n) is 18.5. The molecular formula is C23H19F5N4O3S. The average molecular weight is 526 g/mol. The zero-order valence-corrected chi connectivity index (χ0v) is 19.3. The lowest BCUT2D eigenvalue weighted by Crippen LogP contribution is -2.45. The molecule has 13 heteroatoms. The van der Waals surface area contributed by atoms with Gasteiger partial charge in [-0.2, -0.15) is 17.5 Å². The van der Waals surface area contributed by atoms with Crippen molar-refractivity contribution >= 4 is 15.9 Å². The van der Waals surface area contributed by atoms with E-state index in [2.05, 4.69) is 15.3 Å². The fourth-order valence-corrected chi connectivity index (χ4v) is 5.54. The van der Waals surface area contributed by atoms with Gasteiger partial charge in [-0.3, -0.25) is 4.79 Å². The maximum atomic E-state index is 13.9. The first-order valence-corrected chi connectivity index (χ1v) is 12.1. The quantitative estimate of drug-likeness (QED) is 0.492. The lowest BCUT2D eigenvalue weighted by atomic mass is 10.1. The number of hydrogen-bond acceptors (Lipinski definition) is 5. The molecule has 190 valence electrons. The van der Waals surface area contributed by atoms with Gasteiger partial charge < -0.3 is 5.32 Å². The van der Waals surface area contributed by atoms with Crippen LogP contribution >= 0.6 is 0 Å². The molecule has 36 heavy (non-hydrogen) atoms. The van der Waals surface area contributed by atoms with Crippen LogP contribution in [0.1, 0.15) is 24.1 Å². The Balaban J connectivity index is 1.46. The highest BCUT2D eigenvalue weighted by Gasteiger charge is 2.39.